The van der Waals surface area contributed by atoms with E-state index in [2.05, 4.69) is 34.3 Å². The number of hydrogen-bond donors (Lipinski definition) is 2. The van der Waals surface area contributed by atoms with Crippen molar-refractivity contribution in [3.05, 3.63) is 59.2 Å². The van der Waals surface area contributed by atoms with E-state index < -0.39 is 35.2 Å². The average Bonchev–Trinajstić information content (AvgIpc) is 2.83. The number of alkyl halides is 6. The maximum atomic E-state index is 13.2. The van der Waals surface area contributed by atoms with E-state index in [9.17, 15) is 31.1 Å². The van der Waals surface area contributed by atoms with Crippen molar-refractivity contribution >= 4 is 11.7 Å². The quantitative estimate of drug-likeness (QED) is 0.455. The lowest BCUT2D eigenvalue weighted by molar-refractivity contribution is -0.143. The van der Waals surface area contributed by atoms with Gasteiger partial charge in [0.25, 0.3) is 0 Å². The molecule has 2 N–H and O–H groups in total. The van der Waals surface area contributed by atoms with Crippen LogP contribution < -0.4 is 15.4 Å². The van der Waals surface area contributed by atoms with Crippen LogP contribution in [0.2, 0.25) is 0 Å². The zero-order valence-corrected chi connectivity index (χ0v) is 20.7. The largest absolute Gasteiger partial charge is 0.496 e. The van der Waals surface area contributed by atoms with Crippen molar-refractivity contribution in [2.75, 3.05) is 45.2 Å². The lowest BCUT2D eigenvalue weighted by Gasteiger charge is -2.41. The van der Waals surface area contributed by atoms with Crippen LogP contribution in [0, 0.1) is 0 Å². The molecule has 1 atom stereocenters. The van der Waals surface area contributed by atoms with Crippen LogP contribution in [-0.2, 0) is 12.4 Å². The second-order valence-corrected chi connectivity index (χ2v) is 9.05. The first-order chi connectivity index (χ1) is 17.3. The Balaban J connectivity index is 1.78. The topological polar surface area (TPSA) is 56.8 Å². The van der Waals surface area contributed by atoms with E-state index in [0.29, 0.717) is 37.0 Å². The van der Waals surface area contributed by atoms with Crippen molar-refractivity contribution in [2.24, 2.45) is 0 Å². The van der Waals surface area contributed by atoms with Crippen molar-refractivity contribution in [1.82, 2.24) is 15.1 Å². The predicted molar refractivity (Wildman–Crippen MR) is 127 cm³/mol. The van der Waals surface area contributed by atoms with Crippen molar-refractivity contribution in [1.29, 1.82) is 0 Å². The van der Waals surface area contributed by atoms with Crippen LogP contribution in [0.15, 0.2) is 42.5 Å². The smallest absolute Gasteiger partial charge is 0.416 e. The van der Waals surface area contributed by atoms with Crippen molar-refractivity contribution < 1.29 is 35.9 Å². The van der Waals surface area contributed by atoms with Gasteiger partial charge >= 0.3 is 18.4 Å². The van der Waals surface area contributed by atoms with Crippen LogP contribution in [0.3, 0.4) is 0 Å². The fraction of sp³-hybridized carbons (Fsp3) is 0.480. The number of nitrogens with one attached hydrogen (secondary N) is 2. The zero-order valence-electron chi connectivity index (χ0n) is 20.7. The van der Waals surface area contributed by atoms with Crippen LogP contribution in [0.5, 0.6) is 5.75 Å². The molecule has 0 radical (unpaired) electrons. The summed E-state index contributed by atoms with van der Waals surface area (Å²) in [5.41, 5.74) is -2.82. The SMILES string of the molecule is COc1ccccc1C(CNC(=O)Nc1cc(C(F)(F)F)cc(C(F)(F)F)c1)N1CCN(C(C)C)CC1. The first-order valence-electron chi connectivity index (χ1n) is 11.7. The van der Waals surface area contributed by atoms with E-state index in [-0.39, 0.29) is 18.7 Å². The van der Waals surface area contributed by atoms with Gasteiger partial charge in [0.05, 0.1) is 24.3 Å². The molecule has 1 saturated heterocycles. The number of para-hydroxylation sites is 1. The second-order valence-electron chi connectivity index (χ2n) is 9.05. The average molecular weight is 533 g/mol. The molecule has 2 aromatic carbocycles. The minimum atomic E-state index is -5.01. The number of halogens is 6. The number of ether oxygens (including phenoxy) is 1. The lowest BCUT2D eigenvalue weighted by Crippen LogP contribution is -2.51. The Bertz CT molecular complexity index is 1030. The third-order valence-electron chi connectivity index (χ3n) is 6.32. The molecule has 12 heteroatoms. The number of urea groups is 1. The number of amides is 2. The number of hydrogen-bond acceptors (Lipinski definition) is 4. The summed E-state index contributed by atoms with van der Waals surface area (Å²) in [5, 5.41) is 4.72. The molecule has 6 nitrogen and oxygen atoms in total. The Morgan fingerprint density at radius 1 is 0.919 bits per heavy atom. The summed E-state index contributed by atoms with van der Waals surface area (Å²) in [5.74, 6) is 0.605. The number of piperazine rings is 1. The van der Waals surface area contributed by atoms with E-state index in [1.54, 1.807) is 6.07 Å². The number of carbonyl (C=O) groups excluding carboxylic acids is 1. The van der Waals surface area contributed by atoms with Crippen molar-refractivity contribution in [2.45, 2.75) is 38.3 Å². The Kier molecular flexibility index (Phi) is 8.96. The molecule has 0 aliphatic carbocycles. The number of nitrogens with zero attached hydrogens (tertiary/aromatic N) is 2. The fourth-order valence-electron chi connectivity index (χ4n) is 4.33. The van der Waals surface area contributed by atoms with Crippen LogP contribution in [0.4, 0.5) is 36.8 Å². The van der Waals surface area contributed by atoms with Gasteiger partial charge in [-0.05, 0) is 38.1 Å². The summed E-state index contributed by atoms with van der Waals surface area (Å²) in [6.07, 6.45) is -10.0. The highest BCUT2D eigenvalue weighted by Gasteiger charge is 2.37. The summed E-state index contributed by atoms with van der Waals surface area (Å²) >= 11 is 0. The molecule has 1 unspecified atom stereocenters. The Morgan fingerprint density at radius 2 is 1.46 bits per heavy atom. The van der Waals surface area contributed by atoms with Crippen LogP contribution in [-0.4, -0.2) is 61.7 Å². The third kappa shape index (κ3) is 7.51. The molecule has 0 aromatic heterocycles. The number of anilines is 1. The fourth-order valence-corrected chi connectivity index (χ4v) is 4.33. The molecular formula is C25H30F6N4O2. The van der Waals surface area contributed by atoms with Gasteiger partial charge in [-0.15, -0.1) is 0 Å². The van der Waals surface area contributed by atoms with Gasteiger partial charge in [-0.1, -0.05) is 18.2 Å². The van der Waals surface area contributed by atoms with Gasteiger partial charge in [-0.3, -0.25) is 9.80 Å². The summed E-state index contributed by atoms with van der Waals surface area (Å²) in [7, 11) is 1.53. The van der Waals surface area contributed by atoms with E-state index in [1.807, 2.05) is 18.2 Å². The summed E-state index contributed by atoms with van der Waals surface area (Å²) in [6, 6.07) is 7.36. The minimum Gasteiger partial charge on any atom is -0.496 e. The molecule has 37 heavy (non-hydrogen) atoms. The monoisotopic (exact) mass is 532 g/mol. The number of rotatable bonds is 7. The van der Waals surface area contributed by atoms with Crippen LogP contribution >= 0.6 is 0 Å². The molecule has 0 bridgehead atoms. The van der Waals surface area contributed by atoms with Crippen LogP contribution in [0.25, 0.3) is 0 Å². The first-order valence-corrected chi connectivity index (χ1v) is 11.7. The first kappa shape index (κ1) is 28.6. The molecule has 3 rings (SSSR count). The van der Waals surface area contributed by atoms with E-state index in [0.717, 1.165) is 18.7 Å². The number of carbonyl (C=O) groups is 1. The third-order valence-corrected chi connectivity index (χ3v) is 6.32. The van der Waals surface area contributed by atoms with Gasteiger partial charge < -0.3 is 15.4 Å². The van der Waals surface area contributed by atoms with Gasteiger partial charge in [0.15, 0.2) is 0 Å². The van der Waals surface area contributed by atoms with Gasteiger partial charge in [-0.25, -0.2) is 4.79 Å². The van der Waals surface area contributed by atoms with E-state index in [1.165, 1.54) is 7.11 Å². The van der Waals surface area contributed by atoms with Gasteiger partial charge in [0.2, 0.25) is 0 Å². The minimum absolute atomic E-state index is 0.0115. The molecule has 0 saturated carbocycles. The molecule has 1 heterocycles. The molecule has 0 spiro atoms. The molecule has 2 aromatic rings. The normalized spacial score (nSPS) is 16.5. The highest BCUT2D eigenvalue weighted by Crippen LogP contribution is 2.37. The van der Waals surface area contributed by atoms with Gasteiger partial charge in [-0.2, -0.15) is 26.3 Å². The van der Waals surface area contributed by atoms with Crippen molar-refractivity contribution in [3.8, 4) is 5.75 Å². The number of benzene rings is 2. The Morgan fingerprint density at radius 3 is 1.97 bits per heavy atom. The lowest BCUT2D eigenvalue weighted by atomic mass is 10.0. The van der Waals surface area contributed by atoms with Crippen molar-refractivity contribution in [3.63, 3.8) is 0 Å². The standard InChI is InChI=1S/C25H30F6N4O2/c1-16(2)34-8-10-35(11-9-34)21(20-6-4-5-7-22(20)37-3)15-32-23(36)33-19-13-17(24(26,27)28)12-18(14-19)25(29,30)31/h4-7,12-14,16,21H,8-11,15H2,1-3H3,(H2,32,33,36). The van der Waals surface area contributed by atoms with Crippen LogP contribution in [0.1, 0.15) is 36.6 Å². The molecule has 1 aliphatic rings. The van der Waals surface area contributed by atoms with E-state index in [4.69, 9.17) is 4.74 Å². The summed E-state index contributed by atoms with van der Waals surface area (Å²) < 4.78 is 84.4. The maximum absolute atomic E-state index is 13.2. The van der Waals surface area contributed by atoms with Gasteiger partial charge in [0.1, 0.15) is 5.75 Å². The second kappa shape index (κ2) is 11.6. The molecular weight excluding hydrogens is 502 g/mol. The van der Waals surface area contributed by atoms with Gasteiger partial charge in [0, 0.05) is 50.0 Å². The summed E-state index contributed by atoms with van der Waals surface area (Å²) in [4.78, 5) is 17.1. The Labute approximate surface area is 211 Å². The number of methoxy groups -OCH3 is 1. The highest BCUT2D eigenvalue weighted by atomic mass is 19.4. The highest BCUT2D eigenvalue weighted by molar-refractivity contribution is 5.89. The molecule has 2 amide bonds. The Hall–Kier alpha value is -2.99. The predicted octanol–water partition coefficient (Wildman–Crippen LogP) is 5.62. The molecule has 1 fully saturated rings. The zero-order chi connectivity index (χ0) is 27.4. The molecule has 204 valence electrons. The molecule has 1 aliphatic heterocycles. The van der Waals surface area contributed by atoms with E-state index >= 15 is 0 Å². The maximum Gasteiger partial charge on any atom is 0.416 e. The summed E-state index contributed by atoms with van der Waals surface area (Å²) in [6.45, 7) is 7.28.